The lowest BCUT2D eigenvalue weighted by molar-refractivity contribution is -0.134. The van der Waals surface area contributed by atoms with E-state index < -0.39 is 0 Å². The monoisotopic (exact) mass is 374 g/mol. The number of likely N-dealkylation sites (tertiary alicyclic amines) is 2. The van der Waals surface area contributed by atoms with Crippen molar-refractivity contribution < 1.29 is 9.59 Å². The van der Waals surface area contributed by atoms with Crippen molar-refractivity contribution in [2.45, 2.75) is 53.5 Å². The molecular weight excluding hydrogens is 344 g/mol. The standard InChI is InChI=1S/C20H30N4O3/c1-14(2)11-23-13-20(10-18(23)26)5-7-22(8-6-20)19(27)12-24-17(25)9-15(3)16(4)21-24/h9,14H,5-8,10-13H2,1-4H3. The first kappa shape index (κ1) is 19.6. The fourth-order valence-corrected chi connectivity index (χ4v) is 4.17. The van der Waals surface area contributed by atoms with Gasteiger partial charge >= 0.3 is 0 Å². The van der Waals surface area contributed by atoms with E-state index in [2.05, 4.69) is 18.9 Å². The quantitative estimate of drug-likeness (QED) is 0.797. The second-order valence-corrected chi connectivity index (χ2v) is 8.63. The van der Waals surface area contributed by atoms with Gasteiger partial charge in [0.15, 0.2) is 0 Å². The SMILES string of the molecule is Cc1cc(=O)n(CC(=O)N2CCC3(CC2)CC(=O)N(CC(C)C)C3)nc1C. The molecule has 0 saturated carbocycles. The Morgan fingerprint density at radius 2 is 1.89 bits per heavy atom. The topological polar surface area (TPSA) is 75.5 Å². The second kappa shape index (κ2) is 7.44. The van der Waals surface area contributed by atoms with Gasteiger partial charge in [0.05, 0.1) is 5.69 Å². The molecule has 27 heavy (non-hydrogen) atoms. The number of carbonyl (C=O) groups is 2. The average molecular weight is 374 g/mol. The van der Waals surface area contributed by atoms with Gasteiger partial charge in [-0.25, -0.2) is 4.68 Å². The number of nitrogens with zero attached hydrogens (tertiary/aromatic N) is 4. The van der Waals surface area contributed by atoms with Crippen molar-refractivity contribution in [3.05, 3.63) is 27.7 Å². The zero-order valence-electron chi connectivity index (χ0n) is 16.8. The van der Waals surface area contributed by atoms with Gasteiger partial charge in [0.25, 0.3) is 5.56 Å². The maximum absolute atomic E-state index is 12.6. The normalized spacial score (nSPS) is 19.4. The largest absolute Gasteiger partial charge is 0.342 e. The molecule has 2 saturated heterocycles. The van der Waals surface area contributed by atoms with Gasteiger partial charge < -0.3 is 9.80 Å². The first-order valence-electron chi connectivity index (χ1n) is 9.80. The molecule has 1 aromatic heterocycles. The molecule has 3 heterocycles. The van der Waals surface area contributed by atoms with Crippen LogP contribution in [0.5, 0.6) is 0 Å². The Morgan fingerprint density at radius 1 is 1.22 bits per heavy atom. The third-order valence-electron chi connectivity index (χ3n) is 5.89. The summed E-state index contributed by atoms with van der Waals surface area (Å²) in [7, 11) is 0. The highest BCUT2D eigenvalue weighted by Gasteiger charge is 2.45. The number of amides is 2. The van der Waals surface area contributed by atoms with Gasteiger partial charge in [0, 0.05) is 44.1 Å². The van der Waals surface area contributed by atoms with Gasteiger partial charge in [-0.3, -0.25) is 14.4 Å². The molecule has 7 heteroatoms. The number of hydrogen-bond donors (Lipinski definition) is 0. The molecule has 2 amide bonds. The third kappa shape index (κ3) is 4.22. The number of piperidine rings is 1. The van der Waals surface area contributed by atoms with E-state index in [0.717, 1.165) is 37.2 Å². The third-order valence-corrected chi connectivity index (χ3v) is 5.89. The van der Waals surface area contributed by atoms with Crippen molar-refractivity contribution in [1.29, 1.82) is 0 Å². The molecule has 0 radical (unpaired) electrons. The van der Waals surface area contributed by atoms with Crippen LogP contribution >= 0.6 is 0 Å². The summed E-state index contributed by atoms with van der Waals surface area (Å²) in [6.45, 7) is 10.8. The summed E-state index contributed by atoms with van der Waals surface area (Å²) in [5.41, 5.74) is 1.36. The van der Waals surface area contributed by atoms with E-state index in [4.69, 9.17) is 0 Å². The highest BCUT2D eigenvalue weighted by molar-refractivity contribution is 5.80. The predicted octanol–water partition coefficient (Wildman–Crippen LogP) is 1.36. The van der Waals surface area contributed by atoms with Crippen LogP contribution in [-0.2, 0) is 16.1 Å². The summed E-state index contributed by atoms with van der Waals surface area (Å²) in [6.07, 6.45) is 2.28. The second-order valence-electron chi connectivity index (χ2n) is 8.63. The number of carbonyl (C=O) groups excluding carboxylic acids is 2. The Kier molecular flexibility index (Phi) is 5.40. The van der Waals surface area contributed by atoms with Crippen LogP contribution < -0.4 is 5.56 Å². The summed E-state index contributed by atoms with van der Waals surface area (Å²) in [5.74, 6) is 0.634. The molecule has 0 bridgehead atoms. The lowest BCUT2D eigenvalue weighted by Gasteiger charge is -2.39. The van der Waals surface area contributed by atoms with E-state index in [1.165, 1.54) is 10.7 Å². The van der Waals surface area contributed by atoms with Crippen molar-refractivity contribution >= 4 is 11.8 Å². The van der Waals surface area contributed by atoms with E-state index >= 15 is 0 Å². The minimum atomic E-state index is -0.245. The van der Waals surface area contributed by atoms with Crippen LogP contribution in [0.3, 0.4) is 0 Å². The Labute approximate surface area is 160 Å². The number of aryl methyl sites for hydroxylation is 2. The fourth-order valence-electron chi connectivity index (χ4n) is 4.17. The van der Waals surface area contributed by atoms with Crippen LogP contribution in [0.4, 0.5) is 0 Å². The van der Waals surface area contributed by atoms with Crippen molar-refractivity contribution in [2.24, 2.45) is 11.3 Å². The van der Waals surface area contributed by atoms with E-state index in [1.807, 2.05) is 23.6 Å². The molecular formula is C20H30N4O3. The highest BCUT2D eigenvalue weighted by atomic mass is 16.2. The first-order valence-corrected chi connectivity index (χ1v) is 9.80. The number of hydrogen-bond acceptors (Lipinski definition) is 4. The van der Waals surface area contributed by atoms with Gasteiger partial charge in [0.2, 0.25) is 11.8 Å². The molecule has 7 nitrogen and oxygen atoms in total. The van der Waals surface area contributed by atoms with Crippen LogP contribution in [0.25, 0.3) is 0 Å². The molecule has 1 spiro atoms. The lowest BCUT2D eigenvalue weighted by atomic mass is 9.77. The van der Waals surface area contributed by atoms with E-state index in [9.17, 15) is 14.4 Å². The molecule has 148 valence electrons. The first-order chi connectivity index (χ1) is 12.7. The van der Waals surface area contributed by atoms with Crippen molar-refractivity contribution in [2.75, 3.05) is 26.2 Å². The fraction of sp³-hybridized carbons (Fsp3) is 0.700. The number of aromatic nitrogens is 2. The van der Waals surface area contributed by atoms with Gasteiger partial charge in [-0.15, -0.1) is 0 Å². The van der Waals surface area contributed by atoms with Crippen LogP contribution in [-0.4, -0.2) is 57.6 Å². The van der Waals surface area contributed by atoms with Crippen LogP contribution in [0.1, 0.15) is 44.4 Å². The molecule has 2 fully saturated rings. The summed E-state index contributed by atoms with van der Waals surface area (Å²) >= 11 is 0. The molecule has 1 aromatic rings. The average Bonchev–Trinajstić information content (AvgIpc) is 2.87. The van der Waals surface area contributed by atoms with Crippen LogP contribution in [0.15, 0.2) is 10.9 Å². The van der Waals surface area contributed by atoms with Gasteiger partial charge in [-0.2, -0.15) is 5.10 Å². The molecule has 0 N–H and O–H groups in total. The molecule has 0 aliphatic carbocycles. The minimum absolute atomic E-state index is 0.0122. The van der Waals surface area contributed by atoms with Gasteiger partial charge in [0.1, 0.15) is 6.54 Å². The van der Waals surface area contributed by atoms with Crippen LogP contribution in [0.2, 0.25) is 0 Å². The Morgan fingerprint density at radius 3 is 2.52 bits per heavy atom. The van der Waals surface area contributed by atoms with E-state index in [1.54, 1.807) is 0 Å². The zero-order chi connectivity index (χ0) is 19.8. The number of rotatable bonds is 4. The van der Waals surface area contributed by atoms with Gasteiger partial charge in [-0.1, -0.05) is 13.8 Å². The Hall–Kier alpha value is -2.18. The molecule has 0 unspecified atom stereocenters. The molecule has 0 aromatic carbocycles. The molecule has 3 rings (SSSR count). The summed E-state index contributed by atoms with van der Waals surface area (Å²) in [4.78, 5) is 40.8. The lowest BCUT2D eigenvalue weighted by Crippen LogP contribution is -2.46. The predicted molar refractivity (Wildman–Crippen MR) is 102 cm³/mol. The highest BCUT2D eigenvalue weighted by Crippen LogP contribution is 2.41. The van der Waals surface area contributed by atoms with Gasteiger partial charge in [-0.05, 0) is 38.2 Å². The summed E-state index contributed by atoms with van der Waals surface area (Å²) < 4.78 is 1.25. The molecule has 2 aliphatic rings. The maximum Gasteiger partial charge on any atom is 0.267 e. The smallest absolute Gasteiger partial charge is 0.267 e. The van der Waals surface area contributed by atoms with E-state index in [-0.39, 0.29) is 29.3 Å². The van der Waals surface area contributed by atoms with E-state index in [0.29, 0.717) is 25.4 Å². The van der Waals surface area contributed by atoms with Crippen molar-refractivity contribution in [3.63, 3.8) is 0 Å². The minimum Gasteiger partial charge on any atom is -0.342 e. The van der Waals surface area contributed by atoms with Crippen molar-refractivity contribution in [1.82, 2.24) is 19.6 Å². The molecule has 0 atom stereocenters. The van der Waals surface area contributed by atoms with Crippen molar-refractivity contribution in [3.8, 4) is 0 Å². The summed E-state index contributed by atoms with van der Waals surface area (Å²) in [5, 5.41) is 4.23. The zero-order valence-corrected chi connectivity index (χ0v) is 16.8. The van der Waals surface area contributed by atoms with Crippen LogP contribution in [0, 0.1) is 25.2 Å². The summed E-state index contributed by atoms with van der Waals surface area (Å²) in [6, 6.07) is 1.52. The Bertz CT molecular complexity index is 791. The maximum atomic E-state index is 12.6. The Balaban J connectivity index is 1.59. The molecule has 2 aliphatic heterocycles.